The van der Waals surface area contributed by atoms with Crippen molar-refractivity contribution in [2.75, 3.05) is 13.2 Å². The summed E-state index contributed by atoms with van der Waals surface area (Å²) >= 11 is 0. The molecule has 0 aliphatic rings. The van der Waals surface area contributed by atoms with E-state index in [9.17, 15) is 0 Å². The highest BCUT2D eigenvalue weighted by molar-refractivity contribution is 4.73. The van der Waals surface area contributed by atoms with Crippen LogP contribution in [0.15, 0.2) is 12.3 Å². The molecule has 1 atom stereocenters. The lowest BCUT2D eigenvalue weighted by Gasteiger charge is -2.05. The number of hydrogen-bond acceptors (Lipinski definition) is 3. The highest BCUT2D eigenvalue weighted by Gasteiger charge is 1.98. The molecule has 0 amide bonds. The SMILES string of the molecule is CCCCCCCCC=COCC(O)CO. The van der Waals surface area contributed by atoms with Gasteiger partial charge in [-0.05, 0) is 18.9 Å². The van der Waals surface area contributed by atoms with E-state index in [0.29, 0.717) is 0 Å². The third-order valence-electron chi connectivity index (χ3n) is 2.42. The van der Waals surface area contributed by atoms with Gasteiger partial charge in [0.15, 0.2) is 0 Å². The molecule has 0 aliphatic carbocycles. The molecular weight excluding hydrogens is 204 g/mol. The van der Waals surface area contributed by atoms with Crippen LogP contribution in [-0.4, -0.2) is 29.5 Å². The van der Waals surface area contributed by atoms with Crippen molar-refractivity contribution in [3.05, 3.63) is 12.3 Å². The lowest BCUT2D eigenvalue weighted by Crippen LogP contribution is -2.17. The number of aliphatic hydroxyl groups is 2. The fourth-order valence-electron chi connectivity index (χ4n) is 1.40. The molecule has 0 spiro atoms. The van der Waals surface area contributed by atoms with Crippen molar-refractivity contribution in [2.45, 2.75) is 58.0 Å². The van der Waals surface area contributed by atoms with E-state index in [0.717, 1.165) is 6.42 Å². The summed E-state index contributed by atoms with van der Waals surface area (Å²) in [5.41, 5.74) is 0. The molecule has 0 aliphatic heterocycles. The van der Waals surface area contributed by atoms with E-state index in [4.69, 9.17) is 14.9 Å². The Morgan fingerprint density at radius 2 is 1.81 bits per heavy atom. The fraction of sp³-hybridized carbons (Fsp3) is 0.846. The molecule has 0 aromatic carbocycles. The van der Waals surface area contributed by atoms with Crippen LogP contribution in [0.25, 0.3) is 0 Å². The maximum absolute atomic E-state index is 8.97. The summed E-state index contributed by atoms with van der Waals surface area (Å²) in [6.45, 7) is 2.15. The van der Waals surface area contributed by atoms with Crippen molar-refractivity contribution in [3.63, 3.8) is 0 Å². The molecular formula is C13H26O3. The van der Waals surface area contributed by atoms with Gasteiger partial charge >= 0.3 is 0 Å². The van der Waals surface area contributed by atoms with Crippen LogP contribution in [0.3, 0.4) is 0 Å². The molecule has 1 unspecified atom stereocenters. The molecule has 3 nitrogen and oxygen atoms in total. The Kier molecular flexibility index (Phi) is 12.1. The largest absolute Gasteiger partial charge is 0.499 e. The molecule has 0 bridgehead atoms. The zero-order valence-corrected chi connectivity index (χ0v) is 10.4. The average molecular weight is 230 g/mol. The smallest absolute Gasteiger partial charge is 0.115 e. The molecule has 0 rings (SSSR count). The van der Waals surface area contributed by atoms with Crippen molar-refractivity contribution in [2.24, 2.45) is 0 Å². The summed E-state index contributed by atoms with van der Waals surface area (Å²) in [6.07, 6.45) is 11.6. The average Bonchev–Trinajstić information content (AvgIpc) is 2.31. The number of hydrogen-bond donors (Lipinski definition) is 2. The van der Waals surface area contributed by atoms with Gasteiger partial charge in [-0.2, -0.15) is 0 Å². The third kappa shape index (κ3) is 11.5. The number of aliphatic hydroxyl groups excluding tert-OH is 2. The summed E-state index contributed by atoms with van der Waals surface area (Å²) in [7, 11) is 0. The van der Waals surface area contributed by atoms with E-state index in [1.54, 1.807) is 6.26 Å². The Hall–Kier alpha value is -0.540. The molecule has 0 heterocycles. The minimum atomic E-state index is -0.765. The minimum absolute atomic E-state index is 0.170. The number of allylic oxidation sites excluding steroid dienone is 1. The van der Waals surface area contributed by atoms with Gasteiger partial charge in [0, 0.05) is 0 Å². The van der Waals surface area contributed by atoms with Gasteiger partial charge in [0.05, 0.1) is 12.9 Å². The first kappa shape index (κ1) is 15.5. The number of rotatable bonds is 11. The summed E-state index contributed by atoms with van der Waals surface area (Å²) in [6, 6.07) is 0. The van der Waals surface area contributed by atoms with Crippen LogP contribution in [0.4, 0.5) is 0 Å². The van der Waals surface area contributed by atoms with Crippen LogP contribution in [0, 0.1) is 0 Å². The van der Waals surface area contributed by atoms with E-state index in [1.165, 1.54) is 38.5 Å². The molecule has 3 heteroatoms. The summed E-state index contributed by atoms with van der Waals surface area (Å²) < 4.78 is 5.04. The molecule has 16 heavy (non-hydrogen) atoms. The first-order chi connectivity index (χ1) is 7.81. The zero-order chi connectivity index (χ0) is 12.1. The Bertz CT molecular complexity index is 157. The normalized spacial score (nSPS) is 13.2. The molecule has 96 valence electrons. The van der Waals surface area contributed by atoms with Gasteiger partial charge in [0.2, 0.25) is 0 Å². The third-order valence-corrected chi connectivity index (χ3v) is 2.42. The molecule has 0 fully saturated rings. The fourth-order valence-corrected chi connectivity index (χ4v) is 1.40. The molecule has 0 aromatic heterocycles. The van der Waals surface area contributed by atoms with Crippen LogP contribution in [0.1, 0.15) is 51.9 Å². The predicted octanol–water partition coefficient (Wildman–Crippen LogP) is 2.62. The molecule has 0 aromatic rings. The van der Waals surface area contributed by atoms with Crippen molar-refractivity contribution in [1.29, 1.82) is 0 Å². The summed E-state index contributed by atoms with van der Waals surface area (Å²) in [5, 5.41) is 17.5. The first-order valence-corrected chi connectivity index (χ1v) is 6.36. The molecule has 2 N–H and O–H groups in total. The van der Waals surface area contributed by atoms with E-state index in [1.807, 2.05) is 6.08 Å². The van der Waals surface area contributed by atoms with E-state index < -0.39 is 6.10 Å². The van der Waals surface area contributed by atoms with Gasteiger partial charge in [-0.25, -0.2) is 0 Å². The van der Waals surface area contributed by atoms with Crippen molar-refractivity contribution >= 4 is 0 Å². The van der Waals surface area contributed by atoms with Gasteiger partial charge < -0.3 is 14.9 Å². The summed E-state index contributed by atoms with van der Waals surface area (Å²) in [4.78, 5) is 0. The Morgan fingerprint density at radius 1 is 1.12 bits per heavy atom. The highest BCUT2D eigenvalue weighted by Crippen LogP contribution is 2.07. The van der Waals surface area contributed by atoms with Gasteiger partial charge in [0.1, 0.15) is 12.7 Å². The minimum Gasteiger partial charge on any atom is -0.499 e. The standard InChI is InChI=1S/C13H26O3/c1-2-3-4-5-6-7-8-9-10-16-12-13(15)11-14/h9-10,13-15H,2-8,11-12H2,1H3. The van der Waals surface area contributed by atoms with Crippen molar-refractivity contribution < 1.29 is 14.9 Å². The molecule has 0 radical (unpaired) electrons. The number of ether oxygens (including phenoxy) is 1. The van der Waals surface area contributed by atoms with Gasteiger partial charge in [0.25, 0.3) is 0 Å². The highest BCUT2D eigenvalue weighted by atomic mass is 16.5. The Morgan fingerprint density at radius 3 is 2.50 bits per heavy atom. The molecule has 0 saturated carbocycles. The maximum Gasteiger partial charge on any atom is 0.115 e. The second-order valence-corrected chi connectivity index (χ2v) is 4.10. The monoisotopic (exact) mass is 230 g/mol. The molecule has 0 saturated heterocycles. The second-order valence-electron chi connectivity index (χ2n) is 4.10. The maximum atomic E-state index is 8.97. The van der Waals surface area contributed by atoms with Gasteiger partial charge in [-0.3, -0.25) is 0 Å². The first-order valence-electron chi connectivity index (χ1n) is 6.36. The quantitative estimate of drug-likeness (QED) is 0.424. The number of unbranched alkanes of at least 4 members (excludes halogenated alkanes) is 6. The van der Waals surface area contributed by atoms with Crippen LogP contribution < -0.4 is 0 Å². The van der Waals surface area contributed by atoms with Crippen molar-refractivity contribution in [3.8, 4) is 0 Å². The Balaban J connectivity index is 3.09. The lowest BCUT2D eigenvalue weighted by atomic mass is 10.1. The van der Waals surface area contributed by atoms with Crippen LogP contribution in [-0.2, 0) is 4.74 Å². The van der Waals surface area contributed by atoms with Crippen molar-refractivity contribution in [1.82, 2.24) is 0 Å². The van der Waals surface area contributed by atoms with E-state index >= 15 is 0 Å². The zero-order valence-electron chi connectivity index (χ0n) is 10.4. The lowest BCUT2D eigenvalue weighted by molar-refractivity contribution is 0.0383. The van der Waals surface area contributed by atoms with Gasteiger partial charge in [-0.15, -0.1) is 0 Å². The van der Waals surface area contributed by atoms with E-state index in [-0.39, 0.29) is 13.2 Å². The summed E-state index contributed by atoms with van der Waals surface area (Å²) in [5.74, 6) is 0. The second kappa shape index (κ2) is 12.5. The van der Waals surface area contributed by atoms with Crippen LogP contribution in [0.2, 0.25) is 0 Å². The topological polar surface area (TPSA) is 49.7 Å². The van der Waals surface area contributed by atoms with Gasteiger partial charge in [-0.1, -0.05) is 39.0 Å². The van der Waals surface area contributed by atoms with Crippen LogP contribution in [0.5, 0.6) is 0 Å². The van der Waals surface area contributed by atoms with Crippen LogP contribution >= 0.6 is 0 Å². The Labute approximate surface area is 99.1 Å². The van der Waals surface area contributed by atoms with E-state index in [2.05, 4.69) is 6.92 Å². The predicted molar refractivity (Wildman–Crippen MR) is 66.2 cm³/mol.